The summed E-state index contributed by atoms with van der Waals surface area (Å²) in [6, 6.07) is 10.1. The molecule has 0 saturated carbocycles. The molecular formula is C16H18O4. The Labute approximate surface area is 119 Å². The Balaban J connectivity index is 1.57. The van der Waals surface area contributed by atoms with Gasteiger partial charge in [-0.2, -0.15) is 0 Å². The van der Waals surface area contributed by atoms with E-state index in [-0.39, 0.29) is 31.2 Å². The molecule has 1 aromatic rings. The van der Waals surface area contributed by atoms with E-state index < -0.39 is 0 Å². The van der Waals surface area contributed by atoms with Crippen LogP contribution < -0.4 is 0 Å². The highest BCUT2D eigenvalue weighted by molar-refractivity contribution is 5.13. The van der Waals surface area contributed by atoms with E-state index in [0.29, 0.717) is 13.2 Å². The number of hydrogen-bond acceptors (Lipinski definition) is 4. The van der Waals surface area contributed by atoms with Crippen LogP contribution in [0.3, 0.4) is 0 Å². The molecule has 0 N–H and O–H groups in total. The Hall–Kier alpha value is -1.38. The fourth-order valence-corrected chi connectivity index (χ4v) is 2.58. The summed E-state index contributed by atoms with van der Waals surface area (Å²) in [4.78, 5) is 0. The Bertz CT molecular complexity index is 467. The van der Waals surface area contributed by atoms with Crippen LogP contribution in [0, 0.1) is 12.3 Å². The highest BCUT2D eigenvalue weighted by Crippen LogP contribution is 2.31. The molecule has 3 rings (SSSR count). The largest absolute Gasteiger partial charge is 0.371 e. The molecule has 2 aliphatic heterocycles. The molecule has 1 aromatic carbocycles. The molecule has 20 heavy (non-hydrogen) atoms. The van der Waals surface area contributed by atoms with Gasteiger partial charge in [-0.1, -0.05) is 36.3 Å². The van der Waals surface area contributed by atoms with E-state index in [1.165, 1.54) is 0 Å². The van der Waals surface area contributed by atoms with Gasteiger partial charge in [0.2, 0.25) is 0 Å². The molecule has 4 nitrogen and oxygen atoms in total. The molecule has 0 aliphatic carbocycles. The second kappa shape index (κ2) is 6.38. The Morgan fingerprint density at radius 3 is 2.85 bits per heavy atom. The minimum atomic E-state index is -0.301. The van der Waals surface area contributed by atoms with Crippen molar-refractivity contribution in [2.24, 2.45) is 0 Å². The zero-order valence-electron chi connectivity index (χ0n) is 11.2. The third-order valence-corrected chi connectivity index (χ3v) is 3.60. The third kappa shape index (κ3) is 3.02. The van der Waals surface area contributed by atoms with Crippen LogP contribution in [0.25, 0.3) is 0 Å². The number of hydrogen-bond donors (Lipinski definition) is 0. The van der Waals surface area contributed by atoms with Gasteiger partial charge in [-0.05, 0) is 5.56 Å². The number of benzene rings is 1. The van der Waals surface area contributed by atoms with E-state index in [1.54, 1.807) is 0 Å². The summed E-state index contributed by atoms with van der Waals surface area (Å²) >= 11 is 0. The van der Waals surface area contributed by atoms with Crippen molar-refractivity contribution in [1.82, 2.24) is 0 Å². The molecule has 2 aliphatic rings. The molecule has 0 amide bonds. The van der Waals surface area contributed by atoms with Gasteiger partial charge < -0.3 is 18.9 Å². The SMILES string of the molecule is C#CCO[C@@H]1C[C@H](OCc2ccccc2)[C@H]2CO[C@@H]1O2. The van der Waals surface area contributed by atoms with Gasteiger partial charge in [-0.15, -0.1) is 6.42 Å². The zero-order chi connectivity index (χ0) is 13.8. The lowest BCUT2D eigenvalue weighted by molar-refractivity contribution is -0.204. The lowest BCUT2D eigenvalue weighted by atomic mass is 10.0. The summed E-state index contributed by atoms with van der Waals surface area (Å²) in [5, 5.41) is 0. The smallest absolute Gasteiger partial charge is 0.184 e. The first-order chi connectivity index (χ1) is 9.86. The summed E-state index contributed by atoms with van der Waals surface area (Å²) in [5.41, 5.74) is 1.15. The van der Waals surface area contributed by atoms with E-state index in [2.05, 4.69) is 5.92 Å². The van der Waals surface area contributed by atoms with Crippen molar-refractivity contribution in [1.29, 1.82) is 0 Å². The second-order valence-corrected chi connectivity index (χ2v) is 5.00. The first-order valence-electron chi connectivity index (χ1n) is 6.84. The van der Waals surface area contributed by atoms with E-state index in [0.717, 1.165) is 12.0 Å². The van der Waals surface area contributed by atoms with Crippen molar-refractivity contribution in [3.8, 4) is 12.3 Å². The molecule has 0 radical (unpaired) electrons. The minimum Gasteiger partial charge on any atom is -0.371 e. The van der Waals surface area contributed by atoms with Crippen molar-refractivity contribution < 1.29 is 18.9 Å². The third-order valence-electron chi connectivity index (χ3n) is 3.60. The summed E-state index contributed by atoms with van der Waals surface area (Å²) in [6.45, 7) is 1.39. The van der Waals surface area contributed by atoms with Crippen molar-refractivity contribution in [2.75, 3.05) is 13.2 Å². The highest BCUT2D eigenvalue weighted by Gasteiger charge is 2.45. The fourth-order valence-electron chi connectivity index (χ4n) is 2.58. The molecule has 4 heteroatoms. The summed E-state index contributed by atoms with van der Waals surface area (Å²) in [6.07, 6.45) is 5.51. The molecule has 2 saturated heterocycles. The monoisotopic (exact) mass is 274 g/mol. The van der Waals surface area contributed by atoms with Gasteiger partial charge in [0.25, 0.3) is 0 Å². The van der Waals surface area contributed by atoms with Crippen LogP contribution in [-0.4, -0.2) is 37.8 Å². The Morgan fingerprint density at radius 1 is 1.20 bits per heavy atom. The van der Waals surface area contributed by atoms with Gasteiger partial charge in [0.1, 0.15) is 18.8 Å². The molecule has 2 heterocycles. The molecule has 0 aromatic heterocycles. The van der Waals surface area contributed by atoms with E-state index in [4.69, 9.17) is 25.4 Å². The van der Waals surface area contributed by atoms with Crippen LogP contribution in [0.2, 0.25) is 0 Å². The number of rotatable bonds is 5. The molecule has 106 valence electrons. The van der Waals surface area contributed by atoms with Crippen LogP contribution in [0.15, 0.2) is 30.3 Å². The number of ether oxygens (including phenoxy) is 4. The lowest BCUT2D eigenvalue weighted by Crippen LogP contribution is -2.44. The van der Waals surface area contributed by atoms with Gasteiger partial charge in [0, 0.05) is 6.42 Å². The van der Waals surface area contributed by atoms with Gasteiger partial charge in [-0.3, -0.25) is 0 Å². The maximum Gasteiger partial charge on any atom is 0.184 e. The minimum absolute atomic E-state index is 0.00519. The predicted octanol–water partition coefficient (Wildman–Crippen LogP) is 1.74. The zero-order valence-corrected chi connectivity index (χ0v) is 11.2. The first kappa shape index (κ1) is 13.6. The average molecular weight is 274 g/mol. The standard InChI is InChI=1S/C16H18O4/c1-2-8-17-14-9-13(15-11-19-16(14)20-15)18-10-12-6-4-3-5-7-12/h1,3-7,13-16H,8-11H2/t13-,14+,15+,16+/m0/s1. The summed E-state index contributed by atoms with van der Waals surface area (Å²) in [7, 11) is 0. The number of terminal acetylenes is 1. The maximum absolute atomic E-state index is 5.97. The van der Waals surface area contributed by atoms with Gasteiger partial charge in [-0.25, -0.2) is 0 Å². The quantitative estimate of drug-likeness (QED) is 0.766. The topological polar surface area (TPSA) is 36.9 Å². The van der Waals surface area contributed by atoms with Gasteiger partial charge in [0.05, 0.1) is 19.3 Å². The van der Waals surface area contributed by atoms with Gasteiger partial charge >= 0.3 is 0 Å². The summed E-state index contributed by atoms with van der Waals surface area (Å²) < 4.78 is 22.9. The highest BCUT2D eigenvalue weighted by atomic mass is 16.8. The van der Waals surface area contributed by atoms with Crippen molar-refractivity contribution in [2.45, 2.75) is 37.6 Å². The van der Waals surface area contributed by atoms with Crippen molar-refractivity contribution in [3.63, 3.8) is 0 Å². The fraction of sp³-hybridized carbons (Fsp3) is 0.500. The van der Waals surface area contributed by atoms with Crippen LogP contribution in [0.4, 0.5) is 0 Å². The van der Waals surface area contributed by atoms with Crippen LogP contribution in [0.1, 0.15) is 12.0 Å². The Kier molecular flexibility index (Phi) is 4.34. The number of fused-ring (bicyclic) bond motifs is 2. The molecule has 0 unspecified atom stereocenters. The second-order valence-electron chi connectivity index (χ2n) is 5.00. The maximum atomic E-state index is 5.97. The van der Waals surface area contributed by atoms with Crippen LogP contribution in [-0.2, 0) is 25.6 Å². The Morgan fingerprint density at radius 2 is 2.05 bits per heavy atom. The van der Waals surface area contributed by atoms with Gasteiger partial charge in [0.15, 0.2) is 6.29 Å². The molecule has 2 fully saturated rings. The first-order valence-corrected chi connectivity index (χ1v) is 6.84. The summed E-state index contributed by atoms with van der Waals surface area (Å²) in [5.74, 6) is 2.47. The van der Waals surface area contributed by atoms with Crippen molar-refractivity contribution >= 4 is 0 Å². The van der Waals surface area contributed by atoms with E-state index >= 15 is 0 Å². The molecular weight excluding hydrogens is 256 g/mol. The lowest BCUT2D eigenvalue weighted by Gasteiger charge is -2.33. The average Bonchev–Trinajstić information content (AvgIpc) is 2.92. The van der Waals surface area contributed by atoms with E-state index in [1.807, 2.05) is 30.3 Å². The normalized spacial score (nSPS) is 31.9. The van der Waals surface area contributed by atoms with Crippen LogP contribution in [0.5, 0.6) is 0 Å². The molecule has 0 spiro atoms. The molecule has 2 bridgehead atoms. The van der Waals surface area contributed by atoms with Crippen molar-refractivity contribution in [3.05, 3.63) is 35.9 Å². The van der Waals surface area contributed by atoms with E-state index in [9.17, 15) is 0 Å². The molecule has 4 atom stereocenters. The predicted molar refractivity (Wildman–Crippen MR) is 72.8 cm³/mol. The van der Waals surface area contributed by atoms with Crippen LogP contribution >= 0.6 is 0 Å².